The smallest absolute Gasteiger partial charge is 0.277 e. The molecule has 3 N–H and O–H groups in total. The van der Waals surface area contributed by atoms with Crippen LogP contribution >= 0.6 is 0 Å². The van der Waals surface area contributed by atoms with E-state index in [0.29, 0.717) is 11.4 Å². The highest BCUT2D eigenvalue weighted by Gasteiger charge is 2.17. The highest BCUT2D eigenvalue weighted by atomic mass is 32.2. The van der Waals surface area contributed by atoms with Crippen molar-refractivity contribution in [3.8, 4) is 5.69 Å². The van der Waals surface area contributed by atoms with Gasteiger partial charge in [-0.05, 0) is 30.3 Å². The number of carbonyl (C=O) groups is 1. The number of aromatic amines is 1. The van der Waals surface area contributed by atoms with Crippen molar-refractivity contribution in [1.29, 1.82) is 0 Å². The van der Waals surface area contributed by atoms with Crippen LogP contribution < -0.4 is 10.0 Å². The standard InChI is InChI=1S/C18H15N7O3S/c26-18(17-12-25(24-22-17)15-6-2-1-3-7-15)21-13-5-4-8-16(9-13)29(27,28)23-14-10-19-20-11-14/h1-12,23H,(H,19,20)(H,21,26). The number of rotatable bonds is 6. The molecule has 1 amide bonds. The van der Waals surface area contributed by atoms with E-state index in [9.17, 15) is 13.2 Å². The Morgan fingerprint density at radius 3 is 2.62 bits per heavy atom. The van der Waals surface area contributed by atoms with Crippen molar-refractivity contribution in [3.63, 3.8) is 0 Å². The molecule has 0 saturated carbocycles. The lowest BCUT2D eigenvalue weighted by Crippen LogP contribution is -2.15. The van der Waals surface area contributed by atoms with Crippen LogP contribution in [0, 0.1) is 0 Å². The number of hydrogen-bond donors (Lipinski definition) is 3. The molecule has 0 aliphatic carbocycles. The molecule has 0 fully saturated rings. The van der Waals surface area contributed by atoms with Crippen molar-refractivity contribution in [2.45, 2.75) is 4.90 Å². The minimum atomic E-state index is -3.83. The zero-order chi connectivity index (χ0) is 20.3. The Morgan fingerprint density at radius 2 is 1.86 bits per heavy atom. The van der Waals surface area contributed by atoms with Gasteiger partial charge in [0.15, 0.2) is 5.69 Å². The van der Waals surface area contributed by atoms with Gasteiger partial charge in [0.25, 0.3) is 15.9 Å². The molecule has 4 rings (SSSR count). The van der Waals surface area contributed by atoms with Gasteiger partial charge >= 0.3 is 0 Å². The number of para-hydroxylation sites is 1. The summed E-state index contributed by atoms with van der Waals surface area (Å²) in [4.78, 5) is 12.5. The summed E-state index contributed by atoms with van der Waals surface area (Å²) in [5.41, 5.74) is 1.47. The number of sulfonamides is 1. The van der Waals surface area contributed by atoms with Crippen molar-refractivity contribution >= 4 is 27.3 Å². The maximum atomic E-state index is 12.5. The van der Waals surface area contributed by atoms with Gasteiger partial charge in [-0.3, -0.25) is 14.6 Å². The number of aromatic nitrogens is 5. The molecule has 29 heavy (non-hydrogen) atoms. The number of carbonyl (C=O) groups excluding carboxylic acids is 1. The predicted molar refractivity (Wildman–Crippen MR) is 105 cm³/mol. The predicted octanol–water partition coefficient (Wildman–Crippen LogP) is 2.04. The van der Waals surface area contributed by atoms with Gasteiger partial charge in [0, 0.05) is 11.9 Å². The van der Waals surface area contributed by atoms with Crippen LogP contribution in [0.5, 0.6) is 0 Å². The molecule has 4 aromatic rings. The Morgan fingerprint density at radius 1 is 1.03 bits per heavy atom. The number of anilines is 2. The summed E-state index contributed by atoms with van der Waals surface area (Å²) in [6.45, 7) is 0. The van der Waals surface area contributed by atoms with Crippen LogP contribution in [0.2, 0.25) is 0 Å². The maximum Gasteiger partial charge on any atom is 0.277 e. The lowest BCUT2D eigenvalue weighted by Gasteiger charge is -2.08. The zero-order valence-electron chi connectivity index (χ0n) is 14.9. The SMILES string of the molecule is O=C(Nc1cccc(S(=O)(=O)Nc2cn[nH]c2)c1)c1cn(-c2ccccc2)nn1. The summed E-state index contributed by atoms with van der Waals surface area (Å²) in [5.74, 6) is -0.510. The van der Waals surface area contributed by atoms with Gasteiger partial charge in [0.05, 0.1) is 28.7 Å². The molecule has 0 atom stereocenters. The summed E-state index contributed by atoms with van der Waals surface area (Å²) < 4.78 is 28.8. The van der Waals surface area contributed by atoms with E-state index in [4.69, 9.17) is 0 Å². The monoisotopic (exact) mass is 409 g/mol. The van der Waals surface area contributed by atoms with Crippen LogP contribution in [0.4, 0.5) is 11.4 Å². The Labute approximate surface area is 165 Å². The quantitative estimate of drug-likeness (QED) is 0.446. The number of H-pyrrole nitrogens is 1. The van der Waals surface area contributed by atoms with Crippen LogP contribution in [0.3, 0.4) is 0 Å². The fraction of sp³-hybridized carbons (Fsp3) is 0. The molecule has 11 heteroatoms. The molecule has 0 saturated heterocycles. The molecule has 2 aromatic carbocycles. The van der Waals surface area contributed by atoms with E-state index in [1.165, 1.54) is 41.5 Å². The number of benzene rings is 2. The van der Waals surface area contributed by atoms with Crippen molar-refractivity contribution in [1.82, 2.24) is 25.2 Å². The molecule has 0 spiro atoms. The molecule has 146 valence electrons. The third-order valence-corrected chi connectivity index (χ3v) is 5.28. The first kappa shape index (κ1) is 18.4. The zero-order valence-corrected chi connectivity index (χ0v) is 15.7. The summed E-state index contributed by atoms with van der Waals surface area (Å²) in [6.07, 6.45) is 4.25. The fourth-order valence-corrected chi connectivity index (χ4v) is 3.61. The van der Waals surface area contributed by atoms with Crippen LogP contribution in [0.25, 0.3) is 5.69 Å². The first-order valence-corrected chi connectivity index (χ1v) is 9.90. The second-order valence-electron chi connectivity index (χ2n) is 5.96. The van der Waals surface area contributed by atoms with Gasteiger partial charge in [0.1, 0.15) is 0 Å². The van der Waals surface area contributed by atoms with Crippen LogP contribution in [0.15, 0.2) is 78.1 Å². The number of nitrogens with one attached hydrogen (secondary N) is 3. The van der Waals surface area contributed by atoms with Crippen molar-refractivity contribution < 1.29 is 13.2 Å². The topological polar surface area (TPSA) is 135 Å². The van der Waals surface area contributed by atoms with Gasteiger partial charge in [-0.2, -0.15) is 5.10 Å². The van der Waals surface area contributed by atoms with Gasteiger partial charge in [-0.15, -0.1) is 5.10 Å². The van der Waals surface area contributed by atoms with E-state index < -0.39 is 15.9 Å². The molecule has 0 aliphatic heterocycles. The summed E-state index contributed by atoms with van der Waals surface area (Å²) in [6, 6.07) is 15.1. The van der Waals surface area contributed by atoms with Gasteiger partial charge in [0.2, 0.25) is 0 Å². The molecule has 0 radical (unpaired) electrons. The van der Waals surface area contributed by atoms with E-state index in [2.05, 4.69) is 30.5 Å². The molecule has 2 heterocycles. The number of nitrogens with zero attached hydrogens (tertiary/aromatic N) is 4. The third kappa shape index (κ3) is 4.14. The molecular formula is C18H15N7O3S. The van der Waals surface area contributed by atoms with Gasteiger partial charge < -0.3 is 5.32 Å². The molecule has 0 bridgehead atoms. The Kier molecular flexibility index (Phi) is 4.79. The molecule has 2 aromatic heterocycles. The largest absolute Gasteiger partial charge is 0.321 e. The average molecular weight is 409 g/mol. The van der Waals surface area contributed by atoms with Crippen LogP contribution in [0.1, 0.15) is 10.5 Å². The van der Waals surface area contributed by atoms with E-state index in [1.54, 1.807) is 6.07 Å². The summed E-state index contributed by atoms with van der Waals surface area (Å²) >= 11 is 0. The normalized spacial score (nSPS) is 11.2. The second kappa shape index (κ2) is 7.56. The van der Waals surface area contributed by atoms with E-state index >= 15 is 0 Å². The lowest BCUT2D eigenvalue weighted by atomic mass is 10.3. The number of amides is 1. The fourth-order valence-electron chi connectivity index (χ4n) is 2.53. The maximum absolute atomic E-state index is 12.5. The van der Waals surface area contributed by atoms with Crippen LogP contribution in [-0.4, -0.2) is 39.5 Å². The summed E-state index contributed by atoms with van der Waals surface area (Å²) in [7, 11) is -3.83. The molecule has 10 nitrogen and oxygen atoms in total. The highest BCUT2D eigenvalue weighted by Crippen LogP contribution is 2.19. The number of hydrogen-bond acceptors (Lipinski definition) is 6. The minimum Gasteiger partial charge on any atom is -0.321 e. The first-order chi connectivity index (χ1) is 14.0. The lowest BCUT2D eigenvalue weighted by molar-refractivity contribution is 0.102. The highest BCUT2D eigenvalue weighted by molar-refractivity contribution is 7.92. The van der Waals surface area contributed by atoms with Crippen molar-refractivity contribution in [2.75, 3.05) is 10.0 Å². The molecular weight excluding hydrogens is 394 g/mol. The van der Waals surface area contributed by atoms with E-state index in [-0.39, 0.29) is 10.6 Å². The Balaban J connectivity index is 1.51. The van der Waals surface area contributed by atoms with Crippen molar-refractivity contribution in [2.24, 2.45) is 0 Å². The van der Waals surface area contributed by atoms with Gasteiger partial charge in [-0.1, -0.05) is 29.5 Å². The van der Waals surface area contributed by atoms with Crippen molar-refractivity contribution in [3.05, 3.63) is 78.9 Å². The first-order valence-electron chi connectivity index (χ1n) is 8.42. The van der Waals surface area contributed by atoms with Crippen LogP contribution in [-0.2, 0) is 10.0 Å². The van der Waals surface area contributed by atoms with E-state index in [1.807, 2.05) is 30.3 Å². The molecule has 0 unspecified atom stereocenters. The summed E-state index contributed by atoms with van der Waals surface area (Å²) in [5, 5.41) is 16.7. The third-order valence-electron chi connectivity index (χ3n) is 3.90. The second-order valence-corrected chi connectivity index (χ2v) is 7.64. The Hall–Kier alpha value is -3.99. The van der Waals surface area contributed by atoms with E-state index in [0.717, 1.165) is 5.69 Å². The average Bonchev–Trinajstić information content (AvgIpc) is 3.41. The van der Waals surface area contributed by atoms with Gasteiger partial charge in [-0.25, -0.2) is 13.1 Å². The Bertz CT molecular complexity index is 1240. The minimum absolute atomic E-state index is 0.00978. The molecule has 0 aliphatic rings.